The Balaban J connectivity index is 1.64. The molecule has 0 aliphatic carbocycles. The Morgan fingerprint density at radius 3 is 2.65 bits per heavy atom. The van der Waals surface area contributed by atoms with Gasteiger partial charge in [-0.15, -0.1) is 0 Å². The molecule has 2 aliphatic rings. The first-order chi connectivity index (χ1) is 9.63. The van der Waals surface area contributed by atoms with Crippen LogP contribution in [0.25, 0.3) is 0 Å². The second-order valence-electron chi connectivity index (χ2n) is 6.10. The number of amides is 1. The highest BCUT2D eigenvalue weighted by Gasteiger charge is 2.35. The summed E-state index contributed by atoms with van der Waals surface area (Å²) in [4.78, 5) is 17.0. The molecule has 2 saturated heterocycles. The van der Waals surface area contributed by atoms with Gasteiger partial charge in [-0.3, -0.25) is 9.69 Å². The monoisotopic (exact) mass is 273 g/mol. The van der Waals surface area contributed by atoms with Crippen LogP contribution in [0.1, 0.15) is 24.8 Å². The smallest absolute Gasteiger partial charge is 0.227 e. The molecule has 2 fully saturated rings. The van der Waals surface area contributed by atoms with Crippen molar-refractivity contribution in [3.05, 3.63) is 29.8 Å². The van der Waals surface area contributed by atoms with E-state index in [1.807, 2.05) is 24.3 Å². The van der Waals surface area contributed by atoms with E-state index in [1.165, 1.54) is 12.8 Å². The molecule has 1 aromatic rings. The number of carbonyl (C=O) groups excluding carboxylic acids is 1. The van der Waals surface area contributed by atoms with Gasteiger partial charge in [0.05, 0.1) is 6.42 Å². The molecule has 4 heteroatoms. The predicted octanol–water partition coefficient (Wildman–Crippen LogP) is 1.51. The highest BCUT2D eigenvalue weighted by molar-refractivity contribution is 5.79. The van der Waals surface area contributed by atoms with Crippen LogP contribution in [0.4, 0.5) is 5.69 Å². The highest BCUT2D eigenvalue weighted by Crippen LogP contribution is 2.28. The van der Waals surface area contributed by atoms with Crippen molar-refractivity contribution in [3.63, 3.8) is 0 Å². The van der Waals surface area contributed by atoms with E-state index in [-0.39, 0.29) is 5.91 Å². The maximum absolute atomic E-state index is 12.5. The fourth-order valence-electron chi connectivity index (χ4n) is 3.46. The molecule has 0 spiro atoms. The van der Waals surface area contributed by atoms with Crippen LogP contribution in [0.5, 0.6) is 0 Å². The zero-order valence-electron chi connectivity index (χ0n) is 12.1. The van der Waals surface area contributed by atoms with Crippen LogP contribution in [0.2, 0.25) is 0 Å². The predicted molar refractivity (Wildman–Crippen MR) is 80.3 cm³/mol. The minimum atomic E-state index is 0.246. The van der Waals surface area contributed by atoms with E-state index < -0.39 is 0 Å². The Morgan fingerprint density at radius 2 is 1.90 bits per heavy atom. The SMILES string of the molecule is CN1C2CCC1CN(C(=O)Cc1ccc(N)cc1)CC2. The summed E-state index contributed by atoms with van der Waals surface area (Å²) < 4.78 is 0. The summed E-state index contributed by atoms with van der Waals surface area (Å²) in [5.74, 6) is 0.246. The third kappa shape index (κ3) is 2.66. The quantitative estimate of drug-likeness (QED) is 0.831. The third-order valence-corrected chi connectivity index (χ3v) is 4.84. The molecule has 2 N–H and O–H groups in total. The summed E-state index contributed by atoms with van der Waals surface area (Å²) in [5, 5.41) is 0. The zero-order chi connectivity index (χ0) is 14.1. The van der Waals surface area contributed by atoms with E-state index in [4.69, 9.17) is 5.73 Å². The van der Waals surface area contributed by atoms with Crippen LogP contribution >= 0.6 is 0 Å². The second-order valence-corrected chi connectivity index (χ2v) is 6.10. The van der Waals surface area contributed by atoms with Gasteiger partial charge in [-0.2, -0.15) is 0 Å². The average Bonchev–Trinajstić information content (AvgIpc) is 2.66. The Labute approximate surface area is 120 Å². The van der Waals surface area contributed by atoms with E-state index in [0.29, 0.717) is 18.5 Å². The number of likely N-dealkylation sites (N-methyl/N-ethyl adjacent to an activating group) is 1. The van der Waals surface area contributed by atoms with Gasteiger partial charge in [0.1, 0.15) is 0 Å². The molecule has 0 radical (unpaired) electrons. The standard InChI is InChI=1S/C16H23N3O/c1-18-14-6-7-15(18)11-19(9-8-14)16(20)10-12-2-4-13(17)5-3-12/h2-5,14-15H,6-11,17H2,1H3. The van der Waals surface area contributed by atoms with Crippen molar-refractivity contribution in [2.24, 2.45) is 0 Å². The third-order valence-electron chi connectivity index (χ3n) is 4.84. The number of rotatable bonds is 2. The van der Waals surface area contributed by atoms with Crippen molar-refractivity contribution in [3.8, 4) is 0 Å². The number of fused-ring (bicyclic) bond motifs is 2. The topological polar surface area (TPSA) is 49.6 Å². The maximum atomic E-state index is 12.5. The number of anilines is 1. The summed E-state index contributed by atoms with van der Waals surface area (Å²) in [6.07, 6.45) is 4.12. The Hall–Kier alpha value is -1.55. The fourth-order valence-corrected chi connectivity index (χ4v) is 3.46. The first-order valence-corrected chi connectivity index (χ1v) is 7.47. The lowest BCUT2D eigenvalue weighted by molar-refractivity contribution is -0.130. The van der Waals surface area contributed by atoms with Crippen LogP contribution in [-0.2, 0) is 11.2 Å². The van der Waals surface area contributed by atoms with E-state index >= 15 is 0 Å². The van der Waals surface area contributed by atoms with Crippen molar-refractivity contribution in [1.82, 2.24) is 9.80 Å². The van der Waals surface area contributed by atoms with Crippen LogP contribution < -0.4 is 5.73 Å². The molecular weight excluding hydrogens is 250 g/mol. The van der Waals surface area contributed by atoms with Gasteiger partial charge >= 0.3 is 0 Å². The summed E-state index contributed by atoms with van der Waals surface area (Å²) in [5.41, 5.74) is 7.47. The summed E-state index contributed by atoms with van der Waals surface area (Å²) >= 11 is 0. The van der Waals surface area contributed by atoms with Crippen molar-refractivity contribution < 1.29 is 4.79 Å². The van der Waals surface area contributed by atoms with Gasteiger partial charge in [0.2, 0.25) is 5.91 Å². The van der Waals surface area contributed by atoms with E-state index in [2.05, 4.69) is 16.8 Å². The largest absolute Gasteiger partial charge is 0.399 e. The number of nitrogen functional groups attached to an aromatic ring is 1. The van der Waals surface area contributed by atoms with Gasteiger partial charge in [-0.1, -0.05) is 12.1 Å². The summed E-state index contributed by atoms with van der Waals surface area (Å²) in [6.45, 7) is 1.79. The molecule has 2 bridgehead atoms. The highest BCUT2D eigenvalue weighted by atomic mass is 16.2. The van der Waals surface area contributed by atoms with Crippen LogP contribution in [0.15, 0.2) is 24.3 Å². The summed E-state index contributed by atoms with van der Waals surface area (Å²) in [7, 11) is 2.20. The number of nitrogens with two attached hydrogens (primary N) is 1. The lowest BCUT2D eigenvalue weighted by Crippen LogP contribution is -2.40. The van der Waals surface area contributed by atoms with Crippen LogP contribution in [0.3, 0.4) is 0 Å². The molecule has 1 amide bonds. The minimum Gasteiger partial charge on any atom is -0.399 e. The van der Waals surface area contributed by atoms with Gasteiger partial charge in [-0.25, -0.2) is 0 Å². The normalized spacial score (nSPS) is 26.6. The van der Waals surface area contributed by atoms with E-state index in [1.54, 1.807) is 0 Å². The molecule has 2 aliphatic heterocycles. The van der Waals surface area contributed by atoms with Gasteiger partial charge in [0, 0.05) is 30.9 Å². The zero-order valence-corrected chi connectivity index (χ0v) is 12.1. The van der Waals surface area contributed by atoms with Gasteiger partial charge in [0.15, 0.2) is 0 Å². The number of benzene rings is 1. The second kappa shape index (κ2) is 5.44. The molecule has 2 atom stereocenters. The van der Waals surface area contributed by atoms with E-state index in [9.17, 15) is 4.79 Å². The molecule has 0 saturated carbocycles. The Bertz CT molecular complexity index is 485. The van der Waals surface area contributed by atoms with Crippen molar-refractivity contribution in [2.75, 3.05) is 25.9 Å². The Morgan fingerprint density at radius 1 is 1.20 bits per heavy atom. The van der Waals surface area contributed by atoms with Gasteiger partial charge in [-0.05, 0) is 44.0 Å². The first kappa shape index (κ1) is 13.4. The van der Waals surface area contributed by atoms with Gasteiger partial charge in [0.25, 0.3) is 0 Å². The van der Waals surface area contributed by atoms with Crippen molar-refractivity contribution >= 4 is 11.6 Å². The van der Waals surface area contributed by atoms with Gasteiger partial charge < -0.3 is 10.6 Å². The lowest BCUT2D eigenvalue weighted by atomic mass is 10.1. The molecule has 1 aromatic carbocycles. The molecule has 20 heavy (non-hydrogen) atoms. The number of hydrogen-bond donors (Lipinski definition) is 1. The summed E-state index contributed by atoms with van der Waals surface area (Å²) in [6, 6.07) is 8.85. The van der Waals surface area contributed by atoms with Crippen molar-refractivity contribution in [1.29, 1.82) is 0 Å². The number of carbonyl (C=O) groups is 1. The molecule has 2 unspecified atom stereocenters. The molecule has 3 rings (SSSR count). The average molecular weight is 273 g/mol. The van der Waals surface area contributed by atoms with Crippen LogP contribution in [-0.4, -0.2) is 47.9 Å². The minimum absolute atomic E-state index is 0.246. The van der Waals surface area contributed by atoms with Crippen molar-refractivity contribution in [2.45, 2.75) is 37.8 Å². The number of nitrogens with zero attached hydrogens (tertiary/aromatic N) is 2. The maximum Gasteiger partial charge on any atom is 0.227 e. The molecule has 0 aromatic heterocycles. The molecule has 2 heterocycles. The first-order valence-electron chi connectivity index (χ1n) is 7.47. The fraction of sp³-hybridized carbons (Fsp3) is 0.562. The van der Waals surface area contributed by atoms with E-state index in [0.717, 1.165) is 30.8 Å². The number of hydrogen-bond acceptors (Lipinski definition) is 3. The number of likely N-dealkylation sites (tertiary alicyclic amines) is 1. The van der Waals surface area contributed by atoms with Crippen LogP contribution in [0, 0.1) is 0 Å². The lowest BCUT2D eigenvalue weighted by Gasteiger charge is -2.26. The molecule has 4 nitrogen and oxygen atoms in total. The molecular formula is C16H23N3O. The Kier molecular flexibility index (Phi) is 3.66. The molecule has 108 valence electrons.